The smallest absolute Gasteiger partial charge is 0.241 e. The van der Waals surface area contributed by atoms with E-state index in [9.17, 15) is 0 Å². The molecular formula is C14H19N3O. The molecule has 1 aromatic heterocycles. The standard InChI is InChI=1S/C14H19N3O/c1-5-17-14(13(15)11(4)16-17)18-12-8-6-7-9(2)10(12)3/h6-8H,5,15H2,1-4H3. The maximum atomic E-state index is 6.01. The Morgan fingerprint density at radius 1 is 1.28 bits per heavy atom. The summed E-state index contributed by atoms with van der Waals surface area (Å²) in [6.45, 7) is 8.74. The quantitative estimate of drug-likeness (QED) is 0.903. The van der Waals surface area contributed by atoms with Crippen LogP contribution in [-0.4, -0.2) is 9.78 Å². The molecule has 0 aliphatic carbocycles. The molecule has 4 nitrogen and oxygen atoms in total. The number of hydrogen-bond donors (Lipinski definition) is 1. The zero-order valence-corrected chi connectivity index (χ0v) is 11.3. The van der Waals surface area contributed by atoms with Gasteiger partial charge < -0.3 is 10.5 Å². The number of nitrogens with two attached hydrogens (primary N) is 1. The lowest BCUT2D eigenvalue weighted by atomic mass is 10.1. The molecule has 0 radical (unpaired) electrons. The van der Waals surface area contributed by atoms with E-state index in [4.69, 9.17) is 10.5 Å². The maximum absolute atomic E-state index is 6.01. The van der Waals surface area contributed by atoms with Crippen LogP contribution in [0.2, 0.25) is 0 Å². The molecule has 1 aromatic carbocycles. The van der Waals surface area contributed by atoms with E-state index < -0.39 is 0 Å². The molecule has 0 atom stereocenters. The van der Waals surface area contributed by atoms with Crippen LogP contribution >= 0.6 is 0 Å². The fraction of sp³-hybridized carbons (Fsp3) is 0.357. The molecule has 0 aliphatic heterocycles. The number of benzene rings is 1. The molecule has 0 saturated heterocycles. The molecule has 2 aromatic rings. The monoisotopic (exact) mass is 245 g/mol. The summed E-state index contributed by atoms with van der Waals surface area (Å²) in [7, 11) is 0. The molecule has 96 valence electrons. The molecule has 0 saturated carbocycles. The third-order valence-electron chi connectivity index (χ3n) is 3.19. The summed E-state index contributed by atoms with van der Waals surface area (Å²) in [6, 6.07) is 5.99. The number of aromatic nitrogens is 2. The van der Waals surface area contributed by atoms with Gasteiger partial charge >= 0.3 is 0 Å². The van der Waals surface area contributed by atoms with Gasteiger partial charge in [0.2, 0.25) is 5.88 Å². The Morgan fingerprint density at radius 3 is 2.67 bits per heavy atom. The Balaban J connectivity index is 2.43. The summed E-state index contributed by atoms with van der Waals surface area (Å²) < 4.78 is 7.72. The van der Waals surface area contributed by atoms with Crippen LogP contribution in [0.25, 0.3) is 0 Å². The second kappa shape index (κ2) is 4.72. The van der Waals surface area contributed by atoms with Crippen molar-refractivity contribution < 1.29 is 4.74 Å². The molecule has 1 heterocycles. The first-order valence-electron chi connectivity index (χ1n) is 6.11. The van der Waals surface area contributed by atoms with Crippen LogP contribution < -0.4 is 10.5 Å². The highest BCUT2D eigenvalue weighted by molar-refractivity contribution is 5.54. The number of ether oxygens (including phenoxy) is 1. The van der Waals surface area contributed by atoms with Gasteiger partial charge in [0, 0.05) is 6.54 Å². The van der Waals surface area contributed by atoms with Crippen molar-refractivity contribution in [1.82, 2.24) is 9.78 Å². The SMILES string of the molecule is CCn1nc(C)c(N)c1Oc1cccc(C)c1C. The van der Waals surface area contributed by atoms with Crippen molar-refractivity contribution >= 4 is 5.69 Å². The van der Waals surface area contributed by atoms with Crippen LogP contribution in [0.1, 0.15) is 23.7 Å². The second-order valence-corrected chi connectivity index (χ2v) is 4.42. The molecule has 0 spiro atoms. The van der Waals surface area contributed by atoms with Crippen LogP contribution in [0.3, 0.4) is 0 Å². The Kier molecular flexibility index (Phi) is 3.28. The second-order valence-electron chi connectivity index (χ2n) is 4.42. The van der Waals surface area contributed by atoms with Crippen LogP contribution in [0.4, 0.5) is 5.69 Å². The number of nitrogens with zero attached hydrogens (tertiary/aromatic N) is 2. The molecule has 0 amide bonds. The van der Waals surface area contributed by atoms with Gasteiger partial charge in [-0.05, 0) is 44.9 Å². The minimum atomic E-state index is 0.609. The van der Waals surface area contributed by atoms with E-state index in [1.807, 2.05) is 32.9 Å². The van der Waals surface area contributed by atoms with Crippen molar-refractivity contribution in [2.75, 3.05) is 5.73 Å². The van der Waals surface area contributed by atoms with Gasteiger partial charge in [-0.15, -0.1) is 0 Å². The third kappa shape index (κ3) is 2.06. The van der Waals surface area contributed by atoms with Crippen molar-refractivity contribution in [3.63, 3.8) is 0 Å². The van der Waals surface area contributed by atoms with Gasteiger partial charge in [0.1, 0.15) is 11.4 Å². The van der Waals surface area contributed by atoms with E-state index >= 15 is 0 Å². The fourth-order valence-electron chi connectivity index (χ4n) is 1.84. The topological polar surface area (TPSA) is 53.1 Å². The number of hydrogen-bond acceptors (Lipinski definition) is 3. The zero-order chi connectivity index (χ0) is 13.3. The van der Waals surface area contributed by atoms with E-state index in [1.54, 1.807) is 4.68 Å². The van der Waals surface area contributed by atoms with E-state index in [-0.39, 0.29) is 0 Å². The molecular weight excluding hydrogens is 226 g/mol. The van der Waals surface area contributed by atoms with Gasteiger partial charge in [0.05, 0.1) is 5.69 Å². The molecule has 0 unspecified atom stereocenters. The third-order valence-corrected chi connectivity index (χ3v) is 3.19. The molecule has 0 fully saturated rings. The number of nitrogen functional groups attached to an aromatic ring is 1. The van der Waals surface area contributed by atoms with Gasteiger partial charge in [-0.25, -0.2) is 4.68 Å². The van der Waals surface area contributed by atoms with Crippen molar-refractivity contribution in [3.8, 4) is 11.6 Å². The van der Waals surface area contributed by atoms with Gasteiger partial charge in [-0.1, -0.05) is 12.1 Å². The number of anilines is 1. The van der Waals surface area contributed by atoms with E-state index in [0.717, 1.165) is 23.6 Å². The average molecular weight is 245 g/mol. The molecule has 2 N–H and O–H groups in total. The van der Waals surface area contributed by atoms with Gasteiger partial charge in [-0.3, -0.25) is 0 Å². The number of rotatable bonds is 3. The van der Waals surface area contributed by atoms with Gasteiger partial charge in [0.25, 0.3) is 0 Å². The van der Waals surface area contributed by atoms with E-state index in [0.29, 0.717) is 11.6 Å². The predicted molar refractivity (Wildman–Crippen MR) is 73.0 cm³/mol. The molecule has 0 bridgehead atoms. The number of aryl methyl sites for hydroxylation is 3. The summed E-state index contributed by atoms with van der Waals surface area (Å²) in [5, 5.41) is 4.34. The summed E-state index contributed by atoms with van der Waals surface area (Å²) in [6.07, 6.45) is 0. The Labute approximate surface area is 107 Å². The van der Waals surface area contributed by atoms with E-state index in [2.05, 4.69) is 18.1 Å². The summed E-state index contributed by atoms with van der Waals surface area (Å²) in [5.41, 5.74) is 9.74. The Bertz CT molecular complexity index is 573. The largest absolute Gasteiger partial charge is 0.437 e. The molecule has 4 heteroatoms. The summed E-state index contributed by atoms with van der Waals surface area (Å²) >= 11 is 0. The average Bonchev–Trinajstić information content (AvgIpc) is 2.62. The van der Waals surface area contributed by atoms with Crippen LogP contribution in [0.5, 0.6) is 11.6 Å². The fourth-order valence-corrected chi connectivity index (χ4v) is 1.84. The van der Waals surface area contributed by atoms with Crippen molar-refractivity contribution in [2.24, 2.45) is 0 Å². The lowest BCUT2D eigenvalue weighted by Crippen LogP contribution is -2.01. The van der Waals surface area contributed by atoms with Gasteiger partial charge in [0.15, 0.2) is 0 Å². The first-order chi connectivity index (χ1) is 8.54. The molecule has 18 heavy (non-hydrogen) atoms. The lowest BCUT2D eigenvalue weighted by molar-refractivity contribution is 0.415. The predicted octanol–water partition coefficient (Wildman–Crippen LogP) is 3.20. The van der Waals surface area contributed by atoms with Crippen LogP contribution in [0, 0.1) is 20.8 Å². The van der Waals surface area contributed by atoms with Crippen molar-refractivity contribution in [1.29, 1.82) is 0 Å². The Morgan fingerprint density at radius 2 is 2.00 bits per heavy atom. The highest BCUT2D eigenvalue weighted by Crippen LogP contribution is 2.32. The first kappa shape index (κ1) is 12.5. The van der Waals surface area contributed by atoms with Crippen molar-refractivity contribution in [2.45, 2.75) is 34.2 Å². The van der Waals surface area contributed by atoms with E-state index in [1.165, 1.54) is 5.56 Å². The summed E-state index contributed by atoms with van der Waals surface area (Å²) in [4.78, 5) is 0. The highest BCUT2D eigenvalue weighted by Gasteiger charge is 2.14. The molecule has 2 rings (SSSR count). The normalized spacial score (nSPS) is 10.7. The maximum Gasteiger partial charge on any atom is 0.241 e. The lowest BCUT2D eigenvalue weighted by Gasteiger charge is -2.11. The summed E-state index contributed by atoms with van der Waals surface area (Å²) in [5.74, 6) is 1.46. The van der Waals surface area contributed by atoms with Crippen LogP contribution in [0.15, 0.2) is 18.2 Å². The Hall–Kier alpha value is -1.97. The van der Waals surface area contributed by atoms with Gasteiger partial charge in [-0.2, -0.15) is 5.10 Å². The van der Waals surface area contributed by atoms with Crippen molar-refractivity contribution in [3.05, 3.63) is 35.0 Å². The minimum absolute atomic E-state index is 0.609. The molecule has 0 aliphatic rings. The van der Waals surface area contributed by atoms with Crippen LogP contribution in [-0.2, 0) is 6.54 Å². The minimum Gasteiger partial charge on any atom is -0.437 e. The zero-order valence-electron chi connectivity index (χ0n) is 11.3. The highest BCUT2D eigenvalue weighted by atomic mass is 16.5. The first-order valence-corrected chi connectivity index (χ1v) is 6.11.